The van der Waals surface area contributed by atoms with Crippen molar-refractivity contribution in [2.45, 2.75) is 12.2 Å². The number of benzene rings is 2. The average molecular weight is 478 g/mol. The van der Waals surface area contributed by atoms with Gasteiger partial charge >= 0.3 is 0 Å². The van der Waals surface area contributed by atoms with Gasteiger partial charge in [-0.2, -0.15) is 0 Å². The number of hydrogen-bond donors (Lipinski definition) is 1. The van der Waals surface area contributed by atoms with E-state index in [1.807, 2.05) is 0 Å². The molecule has 0 radical (unpaired) electrons. The number of para-hydroxylation sites is 1. The van der Waals surface area contributed by atoms with Gasteiger partial charge in [0.25, 0.3) is 5.91 Å². The largest absolute Gasteiger partial charge is 0.352 e. The number of amidine groups is 1. The number of nitrogens with one attached hydrogen (secondary N) is 1. The Morgan fingerprint density at radius 3 is 2.71 bits per heavy atom. The van der Waals surface area contributed by atoms with Crippen LogP contribution in [0, 0.1) is 5.82 Å². The fourth-order valence-electron chi connectivity index (χ4n) is 2.71. The lowest BCUT2D eigenvalue weighted by Crippen LogP contribution is -2.36. The van der Waals surface area contributed by atoms with E-state index in [0.717, 1.165) is 11.8 Å². The number of aliphatic imine (C=N–C) groups is 1. The highest BCUT2D eigenvalue weighted by molar-refractivity contribution is 8.15. The Labute approximate surface area is 193 Å². The van der Waals surface area contributed by atoms with E-state index in [1.54, 1.807) is 37.3 Å². The van der Waals surface area contributed by atoms with Gasteiger partial charge in [-0.3, -0.25) is 14.5 Å². The van der Waals surface area contributed by atoms with Crippen molar-refractivity contribution in [2.24, 2.45) is 4.99 Å². The van der Waals surface area contributed by atoms with Crippen molar-refractivity contribution in [1.82, 2.24) is 5.32 Å². The zero-order valence-corrected chi connectivity index (χ0v) is 18.8. The Morgan fingerprint density at radius 2 is 2.03 bits per heavy atom. The number of rotatable bonds is 6. The van der Waals surface area contributed by atoms with Gasteiger partial charge in [0.1, 0.15) is 11.5 Å². The van der Waals surface area contributed by atoms with E-state index >= 15 is 0 Å². The zero-order chi connectivity index (χ0) is 22.5. The second-order valence-electron chi connectivity index (χ2n) is 6.48. The summed E-state index contributed by atoms with van der Waals surface area (Å²) in [5, 5.41) is 3.03. The lowest BCUT2D eigenvalue weighted by atomic mass is 10.2. The molecule has 0 spiro atoms. The molecule has 0 aromatic heterocycles. The number of amides is 2. The lowest BCUT2D eigenvalue weighted by molar-refractivity contribution is -0.120. The van der Waals surface area contributed by atoms with Crippen LogP contribution in [-0.4, -0.2) is 28.8 Å². The van der Waals surface area contributed by atoms with Gasteiger partial charge in [0.15, 0.2) is 5.17 Å². The van der Waals surface area contributed by atoms with Crippen LogP contribution >= 0.6 is 35.0 Å². The molecule has 1 aliphatic heterocycles. The van der Waals surface area contributed by atoms with Crippen LogP contribution in [0.3, 0.4) is 0 Å². The summed E-state index contributed by atoms with van der Waals surface area (Å²) in [5.41, 5.74) is 0.746. The van der Waals surface area contributed by atoms with Gasteiger partial charge in [-0.15, -0.1) is 6.58 Å². The number of nitrogens with zero attached hydrogens (tertiary/aromatic N) is 2. The van der Waals surface area contributed by atoms with Crippen molar-refractivity contribution in [3.05, 3.63) is 82.2 Å². The van der Waals surface area contributed by atoms with Crippen LogP contribution < -0.4 is 10.2 Å². The molecule has 3 rings (SSSR count). The number of anilines is 1. The molecular weight excluding hydrogens is 460 g/mol. The SMILES string of the molecule is C=CCNC(=O)C(C)SC1=N/C(=C\c2ccc(Cl)c(Cl)c2)C(=O)N1c1ccccc1F. The first-order chi connectivity index (χ1) is 14.8. The number of carbonyl (C=O) groups is 2. The van der Waals surface area contributed by atoms with E-state index in [4.69, 9.17) is 23.2 Å². The van der Waals surface area contributed by atoms with Crippen molar-refractivity contribution in [3.8, 4) is 0 Å². The monoisotopic (exact) mass is 477 g/mol. The van der Waals surface area contributed by atoms with E-state index in [-0.39, 0.29) is 22.5 Å². The van der Waals surface area contributed by atoms with E-state index in [1.165, 1.54) is 29.2 Å². The minimum atomic E-state index is -0.580. The second kappa shape index (κ2) is 10.1. The summed E-state index contributed by atoms with van der Waals surface area (Å²) in [5.74, 6) is -1.35. The smallest absolute Gasteiger partial charge is 0.283 e. The minimum Gasteiger partial charge on any atom is -0.352 e. The number of thioether (sulfide) groups is 1. The predicted molar refractivity (Wildman–Crippen MR) is 126 cm³/mol. The van der Waals surface area contributed by atoms with Crippen LogP contribution in [0.4, 0.5) is 10.1 Å². The van der Waals surface area contributed by atoms with Crippen LogP contribution in [0.2, 0.25) is 10.0 Å². The first-order valence-electron chi connectivity index (χ1n) is 9.21. The van der Waals surface area contributed by atoms with Crippen molar-refractivity contribution < 1.29 is 14.0 Å². The molecule has 160 valence electrons. The van der Waals surface area contributed by atoms with Gasteiger partial charge < -0.3 is 5.32 Å². The van der Waals surface area contributed by atoms with Crippen molar-refractivity contribution in [1.29, 1.82) is 0 Å². The molecule has 5 nitrogen and oxygen atoms in total. The second-order valence-corrected chi connectivity index (χ2v) is 8.61. The summed E-state index contributed by atoms with van der Waals surface area (Å²) in [6, 6.07) is 10.8. The Kier molecular flexibility index (Phi) is 7.54. The quantitative estimate of drug-likeness (QED) is 0.453. The van der Waals surface area contributed by atoms with Gasteiger partial charge in [0.2, 0.25) is 5.91 Å². The maximum atomic E-state index is 14.5. The fraction of sp³-hybridized carbons (Fsp3) is 0.136. The summed E-state index contributed by atoms with van der Waals surface area (Å²) in [7, 11) is 0. The molecule has 0 fully saturated rings. The first kappa shape index (κ1) is 23.1. The Morgan fingerprint density at radius 1 is 1.29 bits per heavy atom. The van der Waals surface area contributed by atoms with Gasteiger partial charge in [-0.25, -0.2) is 9.38 Å². The predicted octanol–water partition coefficient (Wildman–Crippen LogP) is 5.30. The molecule has 1 N–H and O–H groups in total. The number of carbonyl (C=O) groups excluding carboxylic acids is 2. The molecule has 1 aliphatic rings. The Bertz CT molecular complexity index is 1100. The molecule has 0 saturated carbocycles. The lowest BCUT2D eigenvalue weighted by Gasteiger charge is -2.20. The number of hydrogen-bond acceptors (Lipinski definition) is 4. The summed E-state index contributed by atoms with van der Waals surface area (Å²) in [4.78, 5) is 31.0. The van der Waals surface area contributed by atoms with E-state index < -0.39 is 17.0 Å². The van der Waals surface area contributed by atoms with Gasteiger partial charge in [0, 0.05) is 6.54 Å². The van der Waals surface area contributed by atoms with E-state index in [0.29, 0.717) is 22.2 Å². The molecular formula is C22H18Cl2FN3O2S. The van der Waals surface area contributed by atoms with Crippen LogP contribution in [0.25, 0.3) is 6.08 Å². The third-order valence-corrected chi connectivity index (χ3v) is 6.03. The maximum absolute atomic E-state index is 14.5. The highest BCUT2D eigenvalue weighted by atomic mass is 35.5. The highest BCUT2D eigenvalue weighted by Gasteiger charge is 2.35. The molecule has 0 aliphatic carbocycles. The molecule has 2 amide bonds. The summed E-state index contributed by atoms with van der Waals surface area (Å²) >= 11 is 13.1. The molecule has 1 atom stereocenters. The van der Waals surface area contributed by atoms with Gasteiger partial charge in [0.05, 0.1) is 21.0 Å². The molecule has 2 aromatic carbocycles. The average Bonchev–Trinajstić information content (AvgIpc) is 3.03. The van der Waals surface area contributed by atoms with Crippen molar-refractivity contribution >= 4 is 63.7 Å². The fourth-order valence-corrected chi connectivity index (χ4v) is 3.96. The molecule has 2 aromatic rings. The number of halogens is 3. The first-order valence-corrected chi connectivity index (χ1v) is 10.8. The summed E-state index contributed by atoms with van der Waals surface area (Å²) in [6.45, 7) is 5.55. The van der Waals surface area contributed by atoms with Crippen LogP contribution in [0.15, 0.2) is 65.8 Å². The van der Waals surface area contributed by atoms with Crippen molar-refractivity contribution in [3.63, 3.8) is 0 Å². The molecule has 0 bridgehead atoms. The Hall–Kier alpha value is -2.61. The normalized spacial score (nSPS) is 15.7. The summed E-state index contributed by atoms with van der Waals surface area (Å²) in [6.07, 6.45) is 3.10. The summed E-state index contributed by atoms with van der Waals surface area (Å²) < 4.78 is 14.5. The molecule has 31 heavy (non-hydrogen) atoms. The van der Waals surface area contributed by atoms with E-state index in [9.17, 15) is 14.0 Å². The van der Waals surface area contributed by atoms with Crippen molar-refractivity contribution in [2.75, 3.05) is 11.4 Å². The van der Waals surface area contributed by atoms with Crippen LogP contribution in [0.1, 0.15) is 12.5 Å². The maximum Gasteiger partial charge on any atom is 0.283 e. The topological polar surface area (TPSA) is 61.8 Å². The van der Waals surface area contributed by atoms with Crippen LogP contribution in [-0.2, 0) is 9.59 Å². The molecule has 0 saturated heterocycles. The van der Waals surface area contributed by atoms with Gasteiger partial charge in [-0.1, -0.05) is 59.2 Å². The van der Waals surface area contributed by atoms with Gasteiger partial charge in [-0.05, 0) is 42.8 Å². The standard InChI is InChI=1S/C22H18Cl2FN3O2S/c1-3-10-26-20(29)13(2)31-22-27-18(12-14-8-9-15(23)16(24)11-14)21(30)28(22)19-7-5-4-6-17(19)25/h3-9,11-13H,1,10H2,2H3,(H,26,29)/b18-12-. The molecule has 9 heteroatoms. The van der Waals surface area contributed by atoms with Crippen LogP contribution in [0.5, 0.6) is 0 Å². The zero-order valence-electron chi connectivity index (χ0n) is 16.4. The third kappa shape index (κ3) is 5.36. The third-order valence-electron chi connectivity index (χ3n) is 4.24. The van der Waals surface area contributed by atoms with E-state index in [2.05, 4.69) is 16.9 Å². The highest BCUT2D eigenvalue weighted by Crippen LogP contribution is 2.33. The minimum absolute atomic E-state index is 0.0509. The Balaban J connectivity index is 1.98. The molecule has 1 heterocycles. The molecule has 1 unspecified atom stereocenters.